The summed E-state index contributed by atoms with van der Waals surface area (Å²) in [7, 11) is 4.48. The van der Waals surface area contributed by atoms with E-state index in [9.17, 15) is 14.4 Å². The van der Waals surface area contributed by atoms with Crippen molar-refractivity contribution < 1.29 is 4.79 Å². The quantitative estimate of drug-likeness (QED) is 0.733. The van der Waals surface area contributed by atoms with E-state index in [0.717, 1.165) is 4.57 Å². The van der Waals surface area contributed by atoms with Crippen molar-refractivity contribution in [2.75, 3.05) is 7.05 Å². The molecule has 0 atom stereocenters. The van der Waals surface area contributed by atoms with Crippen LogP contribution in [0.2, 0.25) is 0 Å². The average Bonchev–Trinajstić information content (AvgIpc) is 2.95. The summed E-state index contributed by atoms with van der Waals surface area (Å²) in [4.78, 5) is 40.6. The van der Waals surface area contributed by atoms with Crippen LogP contribution in [0, 0.1) is 0 Å². The van der Waals surface area contributed by atoms with Crippen LogP contribution in [0.15, 0.2) is 22.1 Å². The molecule has 2 aromatic rings. The predicted octanol–water partition coefficient (Wildman–Crippen LogP) is -1.53. The van der Waals surface area contributed by atoms with Gasteiger partial charge in [-0.1, -0.05) is 0 Å². The van der Waals surface area contributed by atoms with E-state index < -0.39 is 17.2 Å². The van der Waals surface area contributed by atoms with Crippen LogP contribution in [0.25, 0.3) is 0 Å². The fourth-order valence-electron chi connectivity index (χ4n) is 1.81. The molecule has 0 aliphatic heterocycles. The first-order valence-electron chi connectivity index (χ1n) is 5.78. The van der Waals surface area contributed by atoms with Crippen LogP contribution in [-0.4, -0.2) is 42.2 Å². The zero-order valence-corrected chi connectivity index (χ0v) is 11.3. The van der Waals surface area contributed by atoms with Gasteiger partial charge in [-0.3, -0.25) is 19.3 Å². The molecule has 2 rings (SSSR count). The van der Waals surface area contributed by atoms with Crippen LogP contribution in [-0.2, 0) is 20.6 Å². The van der Waals surface area contributed by atoms with Gasteiger partial charge in [0.1, 0.15) is 6.33 Å². The third kappa shape index (κ3) is 2.37. The Kier molecular flexibility index (Phi) is 3.51. The van der Waals surface area contributed by atoms with Crippen LogP contribution in [0.1, 0.15) is 16.2 Å². The number of hydrogen-bond acceptors (Lipinski definition) is 5. The maximum atomic E-state index is 12.0. The van der Waals surface area contributed by atoms with Gasteiger partial charge >= 0.3 is 5.69 Å². The SMILES string of the molecule is CN(Cc1cn(C)c(=O)n(C)c1=O)C(=O)c1ncn[nH]1. The van der Waals surface area contributed by atoms with Gasteiger partial charge in [-0.05, 0) is 0 Å². The number of carbonyl (C=O) groups excluding carboxylic acids is 1. The molecule has 0 fully saturated rings. The lowest BCUT2D eigenvalue weighted by Crippen LogP contribution is -2.40. The zero-order valence-electron chi connectivity index (χ0n) is 11.3. The minimum atomic E-state index is -0.426. The number of H-pyrrole nitrogens is 1. The molecule has 0 unspecified atom stereocenters. The molecule has 0 bridgehead atoms. The highest BCUT2D eigenvalue weighted by atomic mass is 16.2. The van der Waals surface area contributed by atoms with Crippen LogP contribution in [0.5, 0.6) is 0 Å². The van der Waals surface area contributed by atoms with Crippen molar-refractivity contribution in [2.45, 2.75) is 6.54 Å². The molecule has 20 heavy (non-hydrogen) atoms. The highest BCUT2D eigenvalue weighted by molar-refractivity contribution is 5.90. The Morgan fingerprint density at radius 3 is 2.70 bits per heavy atom. The van der Waals surface area contributed by atoms with Crippen LogP contribution in [0.3, 0.4) is 0 Å². The third-order valence-corrected chi connectivity index (χ3v) is 2.89. The summed E-state index contributed by atoms with van der Waals surface area (Å²) in [6, 6.07) is 0. The molecular weight excluding hydrogens is 264 g/mol. The summed E-state index contributed by atoms with van der Waals surface area (Å²) in [5.74, 6) is -0.299. The third-order valence-electron chi connectivity index (χ3n) is 2.89. The summed E-state index contributed by atoms with van der Waals surface area (Å²) in [5.41, 5.74) is -0.502. The van der Waals surface area contributed by atoms with Crippen molar-refractivity contribution in [2.24, 2.45) is 14.1 Å². The van der Waals surface area contributed by atoms with Gasteiger partial charge in [0, 0.05) is 27.3 Å². The maximum absolute atomic E-state index is 12.0. The molecule has 9 nitrogen and oxygen atoms in total. The Hall–Kier alpha value is -2.71. The Morgan fingerprint density at radius 2 is 2.10 bits per heavy atom. The molecule has 9 heteroatoms. The number of carbonyl (C=O) groups is 1. The summed E-state index contributed by atoms with van der Waals surface area (Å²) < 4.78 is 2.30. The van der Waals surface area contributed by atoms with Crippen molar-refractivity contribution in [3.8, 4) is 0 Å². The fourth-order valence-corrected chi connectivity index (χ4v) is 1.81. The first-order chi connectivity index (χ1) is 9.41. The van der Waals surface area contributed by atoms with Gasteiger partial charge in [-0.25, -0.2) is 9.78 Å². The first-order valence-corrected chi connectivity index (χ1v) is 5.78. The first kappa shape index (κ1) is 13.7. The normalized spacial score (nSPS) is 10.6. The smallest absolute Gasteiger partial charge is 0.330 e. The molecule has 0 spiro atoms. The minimum absolute atomic E-state index is 0.0698. The summed E-state index contributed by atoms with van der Waals surface area (Å²) in [6.07, 6.45) is 2.65. The van der Waals surface area contributed by atoms with E-state index in [1.54, 1.807) is 7.05 Å². The number of nitrogens with one attached hydrogen (secondary N) is 1. The topological polar surface area (TPSA) is 106 Å². The van der Waals surface area contributed by atoms with Crippen molar-refractivity contribution in [3.63, 3.8) is 0 Å². The number of aryl methyl sites for hydroxylation is 1. The summed E-state index contributed by atoms with van der Waals surface area (Å²) in [5, 5.41) is 6.05. The standard InChI is InChI=1S/C11H14N6O3/c1-15(10(19)8-12-6-13-14-8)4-7-5-16(2)11(20)17(3)9(7)18/h5-6H,4H2,1-3H3,(H,12,13,14). The highest BCUT2D eigenvalue weighted by Gasteiger charge is 2.17. The Bertz CT molecular complexity index is 743. The number of hydrogen-bond donors (Lipinski definition) is 1. The number of amides is 1. The van der Waals surface area contributed by atoms with E-state index in [1.807, 2.05) is 0 Å². The molecule has 0 aromatic carbocycles. The molecular formula is C11H14N6O3. The van der Waals surface area contributed by atoms with Gasteiger partial charge < -0.3 is 9.47 Å². The Balaban J connectivity index is 2.29. The number of nitrogens with zero attached hydrogens (tertiary/aromatic N) is 5. The maximum Gasteiger partial charge on any atom is 0.330 e. The monoisotopic (exact) mass is 278 g/mol. The van der Waals surface area contributed by atoms with E-state index in [0.29, 0.717) is 5.56 Å². The van der Waals surface area contributed by atoms with Crippen LogP contribution in [0.4, 0.5) is 0 Å². The lowest BCUT2D eigenvalue weighted by Gasteiger charge is -2.16. The van der Waals surface area contributed by atoms with Gasteiger partial charge in [-0.2, -0.15) is 5.10 Å². The molecule has 0 saturated heterocycles. The molecule has 106 valence electrons. The molecule has 0 saturated carbocycles. The Morgan fingerprint density at radius 1 is 1.40 bits per heavy atom. The number of aromatic amines is 1. The summed E-state index contributed by atoms with van der Waals surface area (Å²) >= 11 is 0. The molecule has 0 aliphatic rings. The van der Waals surface area contributed by atoms with Crippen molar-refractivity contribution in [3.05, 3.63) is 44.8 Å². The minimum Gasteiger partial charge on any atom is -0.334 e. The van der Waals surface area contributed by atoms with E-state index in [1.165, 1.54) is 36.1 Å². The average molecular weight is 278 g/mol. The lowest BCUT2D eigenvalue weighted by atomic mass is 10.3. The molecule has 2 heterocycles. The van der Waals surface area contributed by atoms with E-state index in [-0.39, 0.29) is 12.4 Å². The molecule has 1 N–H and O–H groups in total. The second-order valence-electron chi connectivity index (χ2n) is 4.41. The Labute approximate surface area is 113 Å². The molecule has 0 aliphatic carbocycles. The number of aromatic nitrogens is 5. The van der Waals surface area contributed by atoms with Gasteiger partial charge in [-0.15, -0.1) is 0 Å². The predicted molar refractivity (Wildman–Crippen MR) is 69.1 cm³/mol. The van der Waals surface area contributed by atoms with Crippen molar-refractivity contribution in [1.82, 2.24) is 29.2 Å². The molecule has 1 amide bonds. The van der Waals surface area contributed by atoms with E-state index in [2.05, 4.69) is 15.2 Å². The van der Waals surface area contributed by atoms with Crippen molar-refractivity contribution in [1.29, 1.82) is 0 Å². The van der Waals surface area contributed by atoms with Gasteiger partial charge in [0.2, 0.25) is 5.82 Å². The van der Waals surface area contributed by atoms with Crippen LogP contribution >= 0.6 is 0 Å². The molecule has 2 aromatic heterocycles. The summed E-state index contributed by atoms with van der Waals surface area (Å²) in [6.45, 7) is 0.0698. The number of rotatable bonds is 3. The zero-order chi connectivity index (χ0) is 14.9. The largest absolute Gasteiger partial charge is 0.334 e. The van der Waals surface area contributed by atoms with Gasteiger partial charge in [0.05, 0.1) is 12.1 Å². The second kappa shape index (κ2) is 5.11. The van der Waals surface area contributed by atoms with Gasteiger partial charge in [0.25, 0.3) is 11.5 Å². The molecule has 0 radical (unpaired) electrons. The van der Waals surface area contributed by atoms with E-state index >= 15 is 0 Å². The highest BCUT2D eigenvalue weighted by Crippen LogP contribution is 2.00. The van der Waals surface area contributed by atoms with Crippen LogP contribution < -0.4 is 11.2 Å². The lowest BCUT2D eigenvalue weighted by molar-refractivity contribution is 0.0772. The van der Waals surface area contributed by atoms with E-state index in [4.69, 9.17) is 0 Å². The van der Waals surface area contributed by atoms with Gasteiger partial charge in [0.15, 0.2) is 0 Å². The van der Waals surface area contributed by atoms with Crippen molar-refractivity contribution >= 4 is 5.91 Å². The second-order valence-corrected chi connectivity index (χ2v) is 4.41. The fraction of sp³-hybridized carbons (Fsp3) is 0.364.